The Morgan fingerprint density at radius 3 is 2.84 bits per heavy atom. The molecule has 3 N–H and O–H groups in total. The molecule has 0 radical (unpaired) electrons. The lowest BCUT2D eigenvalue weighted by Gasteiger charge is -2.27. The van der Waals surface area contributed by atoms with Crippen molar-refractivity contribution in [1.29, 1.82) is 0 Å². The van der Waals surface area contributed by atoms with E-state index >= 15 is 0 Å². The molecule has 2 amide bonds. The van der Waals surface area contributed by atoms with E-state index < -0.39 is 5.54 Å². The summed E-state index contributed by atoms with van der Waals surface area (Å²) >= 11 is 0. The summed E-state index contributed by atoms with van der Waals surface area (Å²) in [7, 11) is 0. The van der Waals surface area contributed by atoms with Crippen molar-refractivity contribution in [3.63, 3.8) is 0 Å². The van der Waals surface area contributed by atoms with Crippen LogP contribution in [0.1, 0.15) is 31.2 Å². The minimum atomic E-state index is -0.404. The van der Waals surface area contributed by atoms with Gasteiger partial charge in [-0.15, -0.1) is 0 Å². The van der Waals surface area contributed by atoms with E-state index in [-0.39, 0.29) is 12.6 Å². The molecule has 1 aliphatic rings. The smallest absolute Gasteiger partial charge is 0.315 e. The topological polar surface area (TPSA) is 74.2 Å². The number of rotatable bonds is 5. The number of aromatic nitrogens is 1. The number of pyridine rings is 1. The lowest BCUT2D eigenvalue weighted by atomic mass is 9.99. The second-order valence-electron chi connectivity index (χ2n) is 5.14. The number of hydrogen-bond donors (Lipinski definition) is 3. The fraction of sp³-hybridized carbons (Fsp3) is 0.571. The van der Waals surface area contributed by atoms with Gasteiger partial charge < -0.3 is 15.7 Å². The molecule has 1 aromatic heterocycles. The molecule has 104 valence electrons. The standard InChI is InChI=1S/C14H21N3O2/c18-11-14(6-1-2-7-14)17-13(19)16-9-5-12-4-3-8-15-10-12/h3-4,8,10,18H,1-2,5-7,9,11H2,(H2,16,17,19). The third-order valence-corrected chi connectivity index (χ3v) is 3.66. The Hall–Kier alpha value is -1.62. The summed E-state index contributed by atoms with van der Waals surface area (Å²) in [6.45, 7) is 0.585. The van der Waals surface area contributed by atoms with Crippen molar-refractivity contribution >= 4 is 6.03 Å². The highest BCUT2D eigenvalue weighted by Crippen LogP contribution is 2.28. The van der Waals surface area contributed by atoms with Gasteiger partial charge in [0.2, 0.25) is 0 Å². The fourth-order valence-corrected chi connectivity index (χ4v) is 2.53. The number of aliphatic hydroxyl groups excluding tert-OH is 1. The van der Waals surface area contributed by atoms with Crippen LogP contribution in [0.15, 0.2) is 24.5 Å². The third-order valence-electron chi connectivity index (χ3n) is 3.66. The number of nitrogens with zero attached hydrogens (tertiary/aromatic N) is 1. The molecule has 0 aromatic carbocycles. The van der Waals surface area contributed by atoms with Crippen LogP contribution in [-0.4, -0.2) is 34.8 Å². The van der Waals surface area contributed by atoms with Crippen LogP contribution >= 0.6 is 0 Å². The maximum Gasteiger partial charge on any atom is 0.315 e. The number of amides is 2. The average molecular weight is 263 g/mol. The molecule has 0 saturated heterocycles. The van der Waals surface area contributed by atoms with Gasteiger partial charge in [0, 0.05) is 18.9 Å². The molecule has 0 aliphatic heterocycles. The van der Waals surface area contributed by atoms with Crippen molar-refractivity contribution in [1.82, 2.24) is 15.6 Å². The van der Waals surface area contributed by atoms with Crippen LogP contribution in [0, 0.1) is 0 Å². The number of nitrogens with one attached hydrogen (secondary N) is 2. The van der Waals surface area contributed by atoms with E-state index in [2.05, 4.69) is 15.6 Å². The summed E-state index contributed by atoms with van der Waals surface area (Å²) in [4.78, 5) is 15.8. The number of carbonyl (C=O) groups excluding carboxylic acids is 1. The summed E-state index contributed by atoms with van der Waals surface area (Å²) < 4.78 is 0. The Labute approximate surface area is 113 Å². The van der Waals surface area contributed by atoms with Crippen molar-refractivity contribution in [2.45, 2.75) is 37.6 Å². The van der Waals surface area contributed by atoms with E-state index in [1.807, 2.05) is 12.1 Å². The van der Waals surface area contributed by atoms with Crippen LogP contribution in [-0.2, 0) is 6.42 Å². The molecule has 5 heteroatoms. The van der Waals surface area contributed by atoms with E-state index in [0.29, 0.717) is 6.54 Å². The molecule has 1 aliphatic carbocycles. The predicted octanol–water partition coefficient (Wildman–Crippen LogP) is 1.23. The quantitative estimate of drug-likeness (QED) is 0.748. The number of aliphatic hydroxyl groups is 1. The number of carbonyl (C=O) groups is 1. The first kappa shape index (κ1) is 13.8. The number of urea groups is 1. The van der Waals surface area contributed by atoms with Gasteiger partial charge in [0.15, 0.2) is 0 Å². The molecule has 5 nitrogen and oxygen atoms in total. The molecule has 1 fully saturated rings. The summed E-state index contributed by atoms with van der Waals surface area (Å²) in [6, 6.07) is 3.67. The largest absolute Gasteiger partial charge is 0.394 e. The Morgan fingerprint density at radius 2 is 2.21 bits per heavy atom. The Kier molecular flexibility index (Phi) is 4.74. The number of hydrogen-bond acceptors (Lipinski definition) is 3. The van der Waals surface area contributed by atoms with Crippen molar-refractivity contribution in [2.24, 2.45) is 0 Å². The van der Waals surface area contributed by atoms with Gasteiger partial charge in [-0.3, -0.25) is 4.98 Å². The van der Waals surface area contributed by atoms with E-state index in [0.717, 1.165) is 37.7 Å². The van der Waals surface area contributed by atoms with Crippen LogP contribution in [0.5, 0.6) is 0 Å². The second kappa shape index (κ2) is 6.52. The van der Waals surface area contributed by atoms with E-state index in [1.54, 1.807) is 12.4 Å². The highest BCUT2D eigenvalue weighted by Gasteiger charge is 2.34. The van der Waals surface area contributed by atoms with E-state index in [9.17, 15) is 9.90 Å². The van der Waals surface area contributed by atoms with Gasteiger partial charge >= 0.3 is 6.03 Å². The highest BCUT2D eigenvalue weighted by molar-refractivity contribution is 5.74. The van der Waals surface area contributed by atoms with Crippen LogP contribution in [0.4, 0.5) is 4.79 Å². The maximum atomic E-state index is 11.8. The van der Waals surface area contributed by atoms with Crippen LogP contribution in [0.25, 0.3) is 0 Å². The van der Waals surface area contributed by atoms with Gasteiger partial charge in [-0.1, -0.05) is 18.9 Å². The molecule has 0 bridgehead atoms. The van der Waals surface area contributed by atoms with Crippen LogP contribution in [0.2, 0.25) is 0 Å². The van der Waals surface area contributed by atoms with Crippen molar-refractivity contribution in [2.75, 3.05) is 13.2 Å². The minimum Gasteiger partial charge on any atom is -0.394 e. The van der Waals surface area contributed by atoms with Gasteiger partial charge in [0.1, 0.15) is 0 Å². The maximum absolute atomic E-state index is 11.8. The van der Waals surface area contributed by atoms with E-state index in [4.69, 9.17) is 0 Å². The first-order valence-electron chi connectivity index (χ1n) is 6.80. The zero-order valence-corrected chi connectivity index (χ0v) is 11.1. The second-order valence-corrected chi connectivity index (χ2v) is 5.14. The normalized spacial score (nSPS) is 17.1. The van der Waals surface area contributed by atoms with Gasteiger partial charge in [0.25, 0.3) is 0 Å². The van der Waals surface area contributed by atoms with Gasteiger partial charge in [-0.05, 0) is 30.9 Å². The lowest BCUT2D eigenvalue weighted by molar-refractivity contribution is 0.163. The fourth-order valence-electron chi connectivity index (χ4n) is 2.53. The van der Waals surface area contributed by atoms with Gasteiger partial charge in [-0.2, -0.15) is 0 Å². The molecule has 1 saturated carbocycles. The SMILES string of the molecule is O=C(NCCc1cccnc1)NC1(CO)CCCC1. The minimum absolute atomic E-state index is 0.0169. The Bertz CT molecular complexity index is 402. The van der Waals surface area contributed by atoms with Gasteiger partial charge in [0.05, 0.1) is 12.1 Å². The molecule has 1 aromatic rings. The first-order chi connectivity index (χ1) is 9.24. The average Bonchev–Trinajstić information content (AvgIpc) is 2.89. The zero-order chi connectivity index (χ0) is 13.6. The molecule has 0 unspecified atom stereocenters. The van der Waals surface area contributed by atoms with Crippen molar-refractivity contribution in [3.05, 3.63) is 30.1 Å². The summed E-state index contributed by atoms with van der Waals surface area (Å²) in [6.07, 6.45) is 8.14. The zero-order valence-electron chi connectivity index (χ0n) is 11.1. The predicted molar refractivity (Wildman–Crippen MR) is 72.8 cm³/mol. The summed E-state index contributed by atoms with van der Waals surface area (Å²) in [5, 5.41) is 15.2. The first-order valence-corrected chi connectivity index (χ1v) is 6.80. The van der Waals surface area contributed by atoms with Crippen LogP contribution < -0.4 is 10.6 Å². The summed E-state index contributed by atoms with van der Waals surface area (Å²) in [5.74, 6) is 0. The molecule has 0 spiro atoms. The highest BCUT2D eigenvalue weighted by atomic mass is 16.3. The van der Waals surface area contributed by atoms with Crippen LogP contribution in [0.3, 0.4) is 0 Å². The molecule has 2 rings (SSSR count). The summed E-state index contributed by atoms with van der Waals surface area (Å²) in [5.41, 5.74) is 0.693. The molecular formula is C14H21N3O2. The third kappa shape index (κ3) is 3.92. The Balaban J connectivity index is 1.73. The molecule has 0 atom stereocenters. The van der Waals surface area contributed by atoms with Gasteiger partial charge in [-0.25, -0.2) is 4.79 Å². The molecule has 19 heavy (non-hydrogen) atoms. The monoisotopic (exact) mass is 263 g/mol. The Morgan fingerprint density at radius 1 is 1.42 bits per heavy atom. The molecular weight excluding hydrogens is 242 g/mol. The van der Waals surface area contributed by atoms with Crippen molar-refractivity contribution in [3.8, 4) is 0 Å². The molecule has 1 heterocycles. The van der Waals surface area contributed by atoms with E-state index in [1.165, 1.54) is 0 Å². The van der Waals surface area contributed by atoms with Crippen molar-refractivity contribution < 1.29 is 9.90 Å². The lowest BCUT2D eigenvalue weighted by Crippen LogP contribution is -2.53.